The van der Waals surface area contributed by atoms with Gasteiger partial charge in [-0.25, -0.2) is 13.4 Å². The smallest absolute Gasteiger partial charge is 0.260 e. The summed E-state index contributed by atoms with van der Waals surface area (Å²) in [6, 6.07) is 11.6. The number of hydrogen-bond donors (Lipinski definition) is 0. The number of anilines is 1. The lowest BCUT2D eigenvalue weighted by molar-refractivity contribution is 0.0985. The van der Waals surface area contributed by atoms with Gasteiger partial charge >= 0.3 is 0 Å². The molecule has 0 unspecified atom stereocenters. The molecule has 0 spiro atoms. The minimum absolute atomic E-state index is 0.191. The highest BCUT2D eigenvalue weighted by Gasteiger charge is 2.25. The molecule has 0 aliphatic heterocycles. The second-order valence-corrected chi connectivity index (χ2v) is 11.6. The van der Waals surface area contributed by atoms with E-state index in [0.717, 1.165) is 23.1 Å². The normalized spacial score (nSPS) is 12.1. The molecule has 7 nitrogen and oxygen atoms in total. The Morgan fingerprint density at radius 1 is 1.03 bits per heavy atom. The van der Waals surface area contributed by atoms with E-state index < -0.39 is 10.0 Å². The topological polar surface area (TPSA) is 73.8 Å². The minimum atomic E-state index is -3.60. The molecular formula is C24H31ClN4O3S2. The van der Waals surface area contributed by atoms with Crippen LogP contribution in [-0.4, -0.2) is 68.8 Å². The zero-order chi connectivity index (χ0) is 24.9. The number of sulfonamides is 1. The van der Waals surface area contributed by atoms with E-state index in [0.29, 0.717) is 41.9 Å². The molecule has 0 aliphatic carbocycles. The molecule has 3 aromatic rings. The number of likely N-dealkylation sites (N-methyl/N-ethyl adjacent to an activating group) is 1. The summed E-state index contributed by atoms with van der Waals surface area (Å²) in [4.78, 5) is 22.0. The Labute approximate surface area is 211 Å². The zero-order valence-corrected chi connectivity index (χ0v) is 22.4. The molecule has 0 saturated heterocycles. The van der Waals surface area contributed by atoms with Crippen molar-refractivity contribution in [3.8, 4) is 0 Å². The van der Waals surface area contributed by atoms with Crippen molar-refractivity contribution < 1.29 is 13.2 Å². The molecular weight excluding hydrogens is 492 g/mol. The van der Waals surface area contributed by atoms with E-state index >= 15 is 0 Å². The Bertz CT molecular complexity index is 1230. The van der Waals surface area contributed by atoms with Crippen molar-refractivity contribution in [2.45, 2.75) is 31.6 Å². The second-order valence-electron chi connectivity index (χ2n) is 8.24. The zero-order valence-electron chi connectivity index (χ0n) is 20.0. The molecule has 0 aliphatic rings. The fraction of sp³-hybridized carbons (Fsp3) is 0.417. The van der Waals surface area contributed by atoms with Crippen LogP contribution in [0.15, 0.2) is 47.4 Å². The Kier molecular flexibility index (Phi) is 9.06. The summed E-state index contributed by atoms with van der Waals surface area (Å²) in [5, 5.41) is 1.20. The number of thiazole rings is 1. The Morgan fingerprint density at radius 2 is 1.74 bits per heavy atom. The number of amides is 1. The van der Waals surface area contributed by atoms with E-state index in [9.17, 15) is 13.2 Å². The van der Waals surface area contributed by atoms with Gasteiger partial charge in [0.1, 0.15) is 0 Å². The van der Waals surface area contributed by atoms with Crippen molar-refractivity contribution >= 4 is 54.2 Å². The fourth-order valence-corrected chi connectivity index (χ4v) is 6.20. The molecule has 3 rings (SSSR count). The maximum Gasteiger partial charge on any atom is 0.260 e. The van der Waals surface area contributed by atoms with Gasteiger partial charge in [0.05, 0.1) is 15.1 Å². The van der Waals surface area contributed by atoms with Gasteiger partial charge in [-0.05, 0) is 63.0 Å². The molecule has 0 saturated carbocycles. The highest BCUT2D eigenvalue weighted by Crippen LogP contribution is 2.31. The van der Waals surface area contributed by atoms with Gasteiger partial charge in [-0.3, -0.25) is 9.69 Å². The SMILES string of the molecule is CCCCN(CC)S(=O)(=O)c1ccc(C(=O)N(CCN(C)C)c2nc3ccc(Cl)cc3s2)cc1. The summed E-state index contributed by atoms with van der Waals surface area (Å²) in [6.45, 7) is 5.85. The predicted molar refractivity (Wildman–Crippen MR) is 141 cm³/mol. The van der Waals surface area contributed by atoms with Crippen LogP contribution in [0.3, 0.4) is 0 Å². The van der Waals surface area contributed by atoms with Crippen LogP contribution in [0.25, 0.3) is 10.2 Å². The first-order chi connectivity index (χ1) is 16.2. The van der Waals surface area contributed by atoms with Crippen molar-refractivity contribution in [1.82, 2.24) is 14.2 Å². The number of fused-ring (bicyclic) bond motifs is 1. The van der Waals surface area contributed by atoms with Crippen LogP contribution in [0.5, 0.6) is 0 Å². The summed E-state index contributed by atoms with van der Waals surface area (Å²) in [5.41, 5.74) is 1.19. The molecule has 10 heteroatoms. The maximum atomic E-state index is 13.5. The standard InChI is InChI=1S/C24H31ClN4O3S2/c1-5-7-14-28(6-2)34(31,32)20-11-8-18(9-12-20)23(30)29(16-15-27(3)4)24-26-21-13-10-19(25)17-22(21)33-24/h8-13,17H,5-7,14-16H2,1-4H3. The number of carbonyl (C=O) groups excluding carboxylic acids is 1. The van der Waals surface area contributed by atoms with Crippen molar-refractivity contribution in [1.29, 1.82) is 0 Å². The largest absolute Gasteiger partial charge is 0.308 e. The number of benzene rings is 2. The number of unbranched alkanes of at least 4 members (excludes halogenated alkanes) is 1. The Morgan fingerprint density at radius 3 is 2.35 bits per heavy atom. The molecule has 0 fully saturated rings. The first-order valence-corrected chi connectivity index (χ1v) is 13.9. The monoisotopic (exact) mass is 522 g/mol. The number of rotatable bonds is 11. The van der Waals surface area contributed by atoms with E-state index in [1.165, 1.54) is 27.8 Å². The van der Waals surface area contributed by atoms with Crippen LogP contribution in [0.1, 0.15) is 37.0 Å². The molecule has 1 aromatic heterocycles. The average Bonchev–Trinajstić information content (AvgIpc) is 3.22. The van der Waals surface area contributed by atoms with Gasteiger partial charge in [0, 0.05) is 36.8 Å². The Hall–Kier alpha value is -2.04. The second kappa shape index (κ2) is 11.6. The summed E-state index contributed by atoms with van der Waals surface area (Å²) < 4.78 is 28.4. The van der Waals surface area contributed by atoms with E-state index in [1.807, 2.05) is 45.0 Å². The number of carbonyl (C=O) groups is 1. The van der Waals surface area contributed by atoms with Gasteiger partial charge in [-0.1, -0.05) is 43.2 Å². The number of nitrogens with zero attached hydrogens (tertiary/aromatic N) is 4. The molecule has 0 atom stereocenters. The third-order valence-electron chi connectivity index (χ3n) is 5.44. The molecule has 2 aromatic carbocycles. The maximum absolute atomic E-state index is 13.5. The van der Waals surface area contributed by atoms with E-state index in [1.54, 1.807) is 23.1 Å². The molecule has 0 bridgehead atoms. The highest BCUT2D eigenvalue weighted by atomic mass is 35.5. The van der Waals surface area contributed by atoms with Gasteiger partial charge in [0.2, 0.25) is 10.0 Å². The van der Waals surface area contributed by atoms with Crippen LogP contribution < -0.4 is 4.90 Å². The molecule has 0 N–H and O–H groups in total. The molecule has 1 amide bonds. The highest BCUT2D eigenvalue weighted by molar-refractivity contribution is 7.89. The third kappa shape index (κ3) is 6.14. The van der Waals surface area contributed by atoms with Crippen LogP contribution in [0.2, 0.25) is 5.02 Å². The quantitative estimate of drug-likeness (QED) is 0.355. The lowest BCUT2D eigenvalue weighted by Crippen LogP contribution is -2.36. The molecule has 34 heavy (non-hydrogen) atoms. The van der Waals surface area contributed by atoms with Crippen molar-refractivity contribution in [2.75, 3.05) is 45.2 Å². The van der Waals surface area contributed by atoms with E-state index in [4.69, 9.17) is 11.6 Å². The summed E-state index contributed by atoms with van der Waals surface area (Å²) in [6.07, 6.45) is 1.72. The Balaban J connectivity index is 1.90. The molecule has 0 radical (unpaired) electrons. The van der Waals surface area contributed by atoms with Gasteiger partial charge < -0.3 is 4.90 Å². The third-order valence-corrected chi connectivity index (χ3v) is 8.70. The van der Waals surface area contributed by atoms with Gasteiger partial charge in [0.25, 0.3) is 5.91 Å². The van der Waals surface area contributed by atoms with Gasteiger partial charge in [0.15, 0.2) is 5.13 Å². The first kappa shape index (κ1) is 26.6. The average molecular weight is 523 g/mol. The summed E-state index contributed by atoms with van der Waals surface area (Å²) in [7, 11) is 0.284. The lowest BCUT2D eigenvalue weighted by atomic mass is 10.2. The van der Waals surface area contributed by atoms with E-state index in [-0.39, 0.29) is 10.8 Å². The lowest BCUT2D eigenvalue weighted by Gasteiger charge is -2.23. The van der Waals surface area contributed by atoms with Crippen LogP contribution in [0, 0.1) is 0 Å². The summed E-state index contributed by atoms with van der Waals surface area (Å²) in [5.74, 6) is -0.228. The predicted octanol–water partition coefficient (Wildman–Crippen LogP) is 4.97. The van der Waals surface area contributed by atoms with Gasteiger partial charge in [-0.15, -0.1) is 0 Å². The van der Waals surface area contributed by atoms with Gasteiger partial charge in [-0.2, -0.15) is 4.31 Å². The van der Waals surface area contributed by atoms with Crippen LogP contribution in [0.4, 0.5) is 5.13 Å². The number of halogens is 1. The molecule has 184 valence electrons. The number of aromatic nitrogens is 1. The first-order valence-electron chi connectivity index (χ1n) is 11.3. The van der Waals surface area contributed by atoms with Crippen molar-refractivity contribution in [2.24, 2.45) is 0 Å². The van der Waals surface area contributed by atoms with Crippen LogP contribution in [-0.2, 0) is 10.0 Å². The van der Waals surface area contributed by atoms with Crippen LogP contribution >= 0.6 is 22.9 Å². The summed E-state index contributed by atoms with van der Waals surface area (Å²) >= 11 is 7.52. The number of hydrogen-bond acceptors (Lipinski definition) is 6. The van der Waals surface area contributed by atoms with Crippen molar-refractivity contribution in [3.63, 3.8) is 0 Å². The minimum Gasteiger partial charge on any atom is -0.308 e. The van der Waals surface area contributed by atoms with E-state index in [2.05, 4.69) is 4.98 Å². The molecule has 1 heterocycles. The van der Waals surface area contributed by atoms with Crippen molar-refractivity contribution in [3.05, 3.63) is 53.1 Å². The fourth-order valence-electron chi connectivity index (χ4n) is 3.44.